The molecule has 0 radical (unpaired) electrons. The number of aromatic nitrogens is 4. The second-order valence-corrected chi connectivity index (χ2v) is 9.35. The van der Waals surface area contributed by atoms with E-state index in [9.17, 15) is 4.79 Å². The SMILES string of the molecule is Cc1nn(C(C)(C)C)c2nc(C3CC3)cc(C(=O)Nc3cccc4c3ccn4C)c12. The molecule has 1 fully saturated rings. The molecule has 30 heavy (non-hydrogen) atoms. The fourth-order valence-electron chi connectivity index (χ4n) is 4.14. The van der Waals surface area contributed by atoms with Gasteiger partial charge in [-0.3, -0.25) is 4.79 Å². The third-order valence-electron chi connectivity index (χ3n) is 5.88. The molecule has 0 saturated heterocycles. The first kappa shape index (κ1) is 18.9. The van der Waals surface area contributed by atoms with Crippen molar-refractivity contribution in [1.82, 2.24) is 19.3 Å². The lowest BCUT2D eigenvalue weighted by molar-refractivity contribution is 0.102. The number of pyridine rings is 1. The highest BCUT2D eigenvalue weighted by Gasteiger charge is 2.30. The third kappa shape index (κ3) is 2.98. The van der Waals surface area contributed by atoms with E-state index in [0.717, 1.165) is 51.9 Å². The van der Waals surface area contributed by atoms with Crippen LogP contribution in [0.5, 0.6) is 0 Å². The number of benzene rings is 1. The molecular formula is C24H27N5O. The van der Waals surface area contributed by atoms with Crippen LogP contribution in [-0.4, -0.2) is 25.2 Å². The predicted octanol–water partition coefficient (Wildman–Crippen LogP) is 5.12. The molecule has 0 spiro atoms. The van der Waals surface area contributed by atoms with Crippen molar-refractivity contribution >= 4 is 33.5 Å². The normalized spacial score (nSPS) is 14.6. The molecule has 1 amide bonds. The molecule has 3 aromatic heterocycles. The molecule has 0 aliphatic heterocycles. The van der Waals surface area contributed by atoms with Gasteiger partial charge in [0.05, 0.1) is 27.9 Å². The summed E-state index contributed by atoms with van der Waals surface area (Å²) in [4.78, 5) is 18.4. The number of nitrogens with one attached hydrogen (secondary N) is 1. The van der Waals surface area contributed by atoms with Crippen LogP contribution in [0, 0.1) is 6.92 Å². The lowest BCUT2D eigenvalue weighted by Gasteiger charge is -2.20. The first-order valence-electron chi connectivity index (χ1n) is 10.5. The molecule has 3 heterocycles. The number of fused-ring (bicyclic) bond motifs is 2. The number of hydrogen-bond acceptors (Lipinski definition) is 3. The maximum absolute atomic E-state index is 13.5. The van der Waals surface area contributed by atoms with Crippen LogP contribution in [0.2, 0.25) is 0 Å². The molecule has 4 aromatic rings. The van der Waals surface area contributed by atoms with Crippen LogP contribution in [0.3, 0.4) is 0 Å². The van der Waals surface area contributed by atoms with Crippen molar-refractivity contribution in [3.63, 3.8) is 0 Å². The van der Waals surface area contributed by atoms with E-state index in [1.54, 1.807) is 0 Å². The summed E-state index contributed by atoms with van der Waals surface area (Å²) in [6.07, 6.45) is 4.27. The number of anilines is 1. The van der Waals surface area contributed by atoms with Gasteiger partial charge in [0.15, 0.2) is 5.65 Å². The average molecular weight is 402 g/mol. The highest BCUT2D eigenvalue weighted by atomic mass is 16.1. The molecular weight excluding hydrogens is 374 g/mol. The Morgan fingerprint density at radius 2 is 1.97 bits per heavy atom. The molecule has 0 bridgehead atoms. The van der Waals surface area contributed by atoms with Crippen molar-refractivity contribution in [1.29, 1.82) is 0 Å². The van der Waals surface area contributed by atoms with E-state index in [1.165, 1.54) is 0 Å². The fourth-order valence-corrected chi connectivity index (χ4v) is 4.14. The van der Waals surface area contributed by atoms with E-state index >= 15 is 0 Å². The summed E-state index contributed by atoms with van der Waals surface area (Å²) in [5.74, 6) is 0.333. The van der Waals surface area contributed by atoms with Crippen LogP contribution in [0.25, 0.3) is 21.9 Å². The highest BCUT2D eigenvalue weighted by molar-refractivity contribution is 6.15. The number of hydrogen-bond donors (Lipinski definition) is 1. The van der Waals surface area contributed by atoms with Gasteiger partial charge in [-0.15, -0.1) is 0 Å². The predicted molar refractivity (Wildman–Crippen MR) is 120 cm³/mol. The Balaban J connectivity index is 1.65. The van der Waals surface area contributed by atoms with Gasteiger partial charge in [0.1, 0.15) is 0 Å². The molecule has 1 aromatic carbocycles. The van der Waals surface area contributed by atoms with E-state index in [0.29, 0.717) is 11.5 Å². The molecule has 1 aliphatic rings. The number of aryl methyl sites for hydroxylation is 2. The Labute approximate surface area is 175 Å². The quantitative estimate of drug-likeness (QED) is 0.518. The molecule has 154 valence electrons. The zero-order valence-electron chi connectivity index (χ0n) is 18.2. The van der Waals surface area contributed by atoms with Crippen molar-refractivity contribution in [2.45, 2.75) is 52.0 Å². The van der Waals surface area contributed by atoms with E-state index in [2.05, 4.69) is 36.7 Å². The minimum atomic E-state index is -0.217. The monoisotopic (exact) mass is 401 g/mol. The highest BCUT2D eigenvalue weighted by Crippen LogP contribution is 2.41. The van der Waals surface area contributed by atoms with Crippen LogP contribution >= 0.6 is 0 Å². The summed E-state index contributed by atoms with van der Waals surface area (Å²) in [7, 11) is 2.01. The Morgan fingerprint density at radius 3 is 2.67 bits per heavy atom. The average Bonchev–Trinajstić information content (AvgIpc) is 3.39. The van der Waals surface area contributed by atoms with E-state index in [1.807, 2.05) is 49.1 Å². The van der Waals surface area contributed by atoms with Crippen LogP contribution in [0.15, 0.2) is 36.5 Å². The van der Waals surface area contributed by atoms with Crippen molar-refractivity contribution in [3.05, 3.63) is 53.5 Å². The topological polar surface area (TPSA) is 64.7 Å². The van der Waals surface area contributed by atoms with Crippen molar-refractivity contribution in [2.24, 2.45) is 7.05 Å². The number of carbonyl (C=O) groups is 1. The standard InChI is InChI=1S/C24H27N5O/c1-14-21-17(23(30)26-18-7-6-8-20-16(18)11-12-28(20)5)13-19(15-9-10-15)25-22(21)29(27-14)24(2,3)4/h6-8,11-13,15H,9-10H2,1-5H3,(H,26,30). The van der Waals surface area contributed by atoms with Crippen LogP contribution in [0.1, 0.15) is 61.3 Å². The zero-order chi connectivity index (χ0) is 21.2. The first-order chi connectivity index (χ1) is 14.2. The van der Waals surface area contributed by atoms with Gasteiger partial charge in [0.2, 0.25) is 0 Å². The van der Waals surface area contributed by atoms with Gasteiger partial charge < -0.3 is 9.88 Å². The largest absolute Gasteiger partial charge is 0.350 e. The fraction of sp³-hybridized carbons (Fsp3) is 0.375. The van der Waals surface area contributed by atoms with E-state index in [-0.39, 0.29) is 11.4 Å². The summed E-state index contributed by atoms with van der Waals surface area (Å²) in [6.45, 7) is 8.29. The lowest BCUT2D eigenvalue weighted by Crippen LogP contribution is -2.23. The molecule has 1 N–H and O–H groups in total. The lowest BCUT2D eigenvalue weighted by atomic mass is 10.1. The van der Waals surface area contributed by atoms with Gasteiger partial charge in [-0.2, -0.15) is 5.10 Å². The summed E-state index contributed by atoms with van der Waals surface area (Å²) < 4.78 is 4.01. The molecule has 6 heteroatoms. The second kappa shape index (κ2) is 6.42. The maximum Gasteiger partial charge on any atom is 0.256 e. The second-order valence-electron chi connectivity index (χ2n) is 9.35. The van der Waals surface area contributed by atoms with Gasteiger partial charge in [-0.05, 0) is 64.8 Å². The summed E-state index contributed by atoms with van der Waals surface area (Å²) in [5.41, 5.74) is 4.97. The Hall–Kier alpha value is -3.15. The molecule has 0 atom stereocenters. The summed E-state index contributed by atoms with van der Waals surface area (Å²) in [5, 5.41) is 9.78. The molecule has 0 unspecified atom stereocenters. The summed E-state index contributed by atoms with van der Waals surface area (Å²) >= 11 is 0. The Morgan fingerprint density at radius 1 is 1.20 bits per heavy atom. The number of carbonyl (C=O) groups excluding carboxylic acids is 1. The maximum atomic E-state index is 13.5. The van der Waals surface area contributed by atoms with Crippen LogP contribution in [0.4, 0.5) is 5.69 Å². The number of rotatable bonds is 3. The van der Waals surface area contributed by atoms with Gasteiger partial charge in [0, 0.05) is 35.8 Å². The summed E-state index contributed by atoms with van der Waals surface area (Å²) in [6, 6.07) is 9.98. The molecule has 5 rings (SSSR count). The van der Waals surface area contributed by atoms with Crippen LogP contribution < -0.4 is 5.32 Å². The van der Waals surface area contributed by atoms with Crippen LogP contribution in [-0.2, 0) is 12.6 Å². The van der Waals surface area contributed by atoms with Crippen molar-refractivity contribution in [2.75, 3.05) is 5.32 Å². The first-order valence-corrected chi connectivity index (χ1v) is 10.5. The molecule has 6 nitrogen and oxygen atoms in total. The van der Waals surface area contributed by atoms with Gasteiger partial charge in [0.25, 0.3) is 5.91 Å². The Bertz CT molecular complexity index is 1300. The zero-order valence-corrected chi connectivity index (χ0v) is 18.2. The van der Waals surface area contributed by atoms with Gasteiger partial charge in [-0.25, -0.2) is 9.67 Å². The van der Waals surface area contributed by atoms with Gasteiger partial charge in [-0.1, -0.05) is 6.07 Å². The smallest absolute Gasteiger partial charge is 0.256 e. The molecule has 1 aliphatic carbocycles. The number of nitrogens with zero attached hydrogens (tertiary/aromatic N) is 4. The number of amides is 1. The minimum absolute atomic E-state index is 0.114. The Kier molecular flexibility index (Phi) is 4.04. The van der Waals surface area contributed by atoms with Crippen molar-refractivity contribution in [3.8, 4) is 0 Å². The van der Waals surface area contributed by atoms with Gasteiger partial charge >= 0.3 is 0 Å². The van der Waals surface area contributed by atoms with E-state index in [4.69, 9.17) is 10.1 Å². The minimum Gasteiger partial charge on any atom is -0.350 e. The van der Waals surface area contributed by atoms with Crippen molar-refractivity contribution < 1.29 is 4.79 Å². The third-order valence-corrected chi connectivity index (χ3v) is 5.88. The molecule has 1 saturated carbocycles. The van der Waals surface area contributed by atoms with E-state index < -0.39 is 0 Å².